The molecule has 3 aliphatic rings. The van der Waals surface area contributed by atoms with E-state index in [-0.39, 0.29) is 54.8 Å². The lowest BCUT2D eigenvalue weighted by atomic mass is 9.85. The molecule has 5 amide bonds. The fourth-order valence-corrected chi connectivity index (χ4v) is 11.9. The van der Waals surface area contributed by atoms with E-state index in [1.54, 1.807) is 19.6 Å². The Hall–Kier alpha value is -7.05. The van der Waals surface area contributed by atoms with Gasteiger partial charge in [0.15, 0.2) is 0 Å². The smallest absolute Gasteiger partial charge is 0.410 e. The van der Waals surface area contributed by atoms with E-state index in [0.29, 0.717) is 109 Å². The lowest BCUT2D eigenvalue weighted by Gasteiger charge is -2.28. The Morgan fingerprint density at radius 3 is 1.12 bits per heavy atom. The van der Waals surface area contributed by atoms with Crippen LogP contribution in [0.1, 0.15) is 172 Å². The third-order valence-electron chi connectivity index (χ3n) is 16.0. The van der Waals surface area contributed by atoms with Gasteiger partial charge in [0.2, 0.25) is 0 Å². The summed E-state index contributed by atoms with van der Waals surface area (Å²) in [5.41, 5.74) is 0.575. The van der Waals surface area contributed by atoms with Crippen LogP contribution in [0.3, 0.4) is 0 Å². The van der Waals surface area contributed by atoms with Gasteiger partial charge in [0.1, 0.15) is 46.0 Å². The van der Waals surface area contributed by atoms with E-state index in [1.165, 1.54) is 0 Å². The molecule has 19 heteroatoms. The van der Waals surface area contributed by atoms with Crippen molar-refractivity contribution < 1.29 is 66.7 Å². The summed E-state index contributed by atoms with van der Waals surface area (Å²) in [5.74, 6) is -2.39. The lowest BCUT2D eigenvalue weighted by molar-refractivity contribution is -0.163. The molecule has 510 valence electrons. The summed E-state index contributed by atoms with van der Waals surface area (Å²) < 4.78 is 41.4. The molecule has 0 aromatic heterocycles. The third-order valence-corrected chi connectivity index (χ3v) is 16.0. The first-order valence-corrected chi connectivity index (χ1v) is 33.2. The zero-order valence-corrected chi connectivity index (χ0v) is 58.6. The summed E-state index contributed by atoms with van der Waals surface area (Å²) >= 11 is 0. The van der Waals surface area contributed by atoms with Crippen molar-refractivity contribution in [1.82, 2.24) is 24.9 Å². The Balaban J connectivity index is 1.18. The second-order valence-corrected chi connectivity index (χ2v) is 31.3. The molecule has 0 radical (unpaired) electrons. The Kier molecular flexibility index (Phi) is 25.1. The first kappa shape index (κ1) is 74.0. The number of nitrogens with zero attached hydrogens (tertiary/aromatic N) is 4. The van der Waals surface area contributed by atoms with Crippen LogP contribution in [0.15, 0.2) is 72.8 Å². The van der Waals surface area contributed by atoms with Crippen LogP contribution in [0.4, 0.5) is 19.2 Å². The van der Waals surface area contributed by atoms with Crippen LogP contribution in [0.5, 0.6) is 5.75 Å². The number of rotatable bonds is 22. The normalized spacial score (nSPS) is 18.3. The number of benzene rings is 3. The van der Waals surface area contributed by atoms with Gasteiger partial charge in [0.05, 0.1) is 24.3 Å². The number of esters is 3. The van der Waals surface area contributed by atoms with Crippen LogP contribution in [0.25, 0.3) is 0 Å². The summed E-state index contributed by atoms with van der Waals surface area (Å²) in [4.78, 5) is 102. The molecular formula is C73H109N5O14. The molecule has 19 nitrogen and oxygen atoms in total. The molecule has 3 fully saturated rings. The SMILES string of the molecule is CC(C)(C)OC(=O)[C@@H](Cc1cccc(CCNC(=O)N(CCOc2cccc(C[C@H](C(=O)OC(C)(C)C)[C@H]3CCN(C(=O)OC(C)(C)C)C3)c2)CCc2cccc(C[C@H](C(=O)OC(C)(C)C)[C@H]3CCN(C(=O)OC(C)(C)C)C3)c2)c1)[C@H]1CCN(C(=O)OC(C)(C)C)C1. The predicted octanol–water partition coefficient (Wildman–Crippen LogP) is 12.8. The topological polar surface area (TPSA) is 209 Å². The van der Waals surface area contributed by atoms with Gasteiger partial charge < -0.3 is 58.1 Å². The average Bonchev–Trinajstić information content (AvgIpc) is 1.81. The maximum atomic E-state index is 14.5. The fourth-order valence-electron chi connectivity index (χ4n) is 11.9. The number of urea groups is 1. The molecule has 0 spiro atoms. The van der Waals surface area contributed by atoms with E-state index in [9.17, 15) is 33.6 Å². The van der Waals surface area contributed by atoms with Gasteiger partial charge in [-0.15, -0.1) is 0 Å². The third kappa shape index (κ3) is 25.1. The van der Waals surface area contributed by atoms with Gasteiger partial charge in [-0.25, -0.2) is 19.2 Å². The Bertz CT molecular complexity index is 2990. The van der Waals surface area contributed by atoms with Crippen molar-refractivity contribution in [2.24, 2.45) is 35.5 Å². The Morgan fingerprint density at radius 1 is 0.435 bits per heavy atom. The Labute approximate surface area is 548 Å². The molecule has 92 heavy (non-hydrogen) atoms. The van der Waals surface area contributed by atoms with Crippen LogP contribution < -0.4 is 10.1 Å². The minimum atomic E-state index is -0.717. The van der Waals surface area contributed by atoms with Crippen molar-refractivity contribution in [3.8, 4) is 5.75 Å². The number of nitrogens with one attached hydrogen (secondary N) is 1. The van der Waals surface area contributed by atoms with E-state index < -0.39 is 69.6 Å². The second kappa shape index (κ2) is 31.3. The van der Waals surface area contributed by atoms with Crippen molar-refractivity contribution in [2.45, 2.75) is 210 Å². The maximum Gasteiger partial charge on any atom is 0.410 e. The molecule has 3 saturated heterocycles. The molecule has 1 N–H and O–H groups in total. The van der Waals surface area contributed by atoms with E-state index in [4.69, 9.17) is 33.2 Å². The highest BCUT2D eigenvalue weighted by Gasteiger charge is 2.43. The lowest BCUT2D eigenvalue weighted by Crippen LogP contribution is -2.43. The molecule has 0 saturated carbocycles. The highest BCUT2D eigenvalue weighted by atomic mass is 16.6. The standard InChI is InChI=1S/C73H109N5O14/c1-68(2,3)87-61(79)58(54-30-35-76(46-54)65(83)90-71(10,11)12)43-51-24-19-22-49(40-51)28-33-74-64(82)75(34-29-50-23-20-25-52(41-50)44-59(62(80)88-69(4,5)6)55-31-36-77(47-55)66(84)91-72(13,14)15)38-39-86-57-27-21-26-53(42-57)45-60(63(81)89-70(7,8)9)56-32-37-78(48-56)67(85)92-73(16,17)18/h19-27,40-42,54-56,58-60H,28-39,43-48H2,1-18H3,(H,74,82)/t54-,55-,56-,58-,59-,60-/m0/s1. The second-order valence-electron chi connectivity index (χ2n) is 31.3. The van der Waals surface area contributed by atoms with Gasteiger partial charge in [-0.05, 0) is 234 Å². The number of ether oxygens (including phenoxy) is 7. The number of carbonyl (C=O) groups is 7. The summed E-state index contributed by atoms with van der Waals surface area (Å²) in [7, 11) is 0. The quantitative estimate of drug-likeness (QED) is 0.0733. The summed E-state index contributed by atoms with van der Waals surface area (Å²) in [5, 5.41) is 3.17. The van der Waals surface area contributed by atoms with Crippen molar-refractivity contribution >= 4 is 42.2 Å². The molecule has 3 aromatic carbocycles. The highest BCUT2D eigenvalue weighted by molar-refractivity contribution is 5.77. The molecule has 3 heterocycles. The summed E-state index contributed by atoms with van der Waals surface area (Å²) in [6.07, 6.45) is 2.83. The van der Waals surface area contributed by atoms with Gasteiger partial charge in [0, 0.05) is 52.4 Å². The predicted molar refractivity (Wildman–Crippen MR) is 354 cm³/mol. The zero-order valence-electron chi connectivity index (χ0n) is 58.6. The number of hydrogen-bond acceptors (Lipinski definition) is 14. The minimum Gasteiger partial charge on any atom is -0.492 e. The first-order valence-electron chi connectivity index (χ1n) is 33.2. The number of carbonyl (C=O) groups excluding carboxylic acids is 7. The first-order chi connectivity index (χ1) is 42.6. The highest BCUT2D eigenvalue weighted by Crippen LogP contribution is 2.35. The van der Waals surface area contributed by atoms with Gasteiger partial charge in [-0.1, -0.05) is 60.7 Å². The average molecular weight is 1280 g/mol. The number of likely N-dealkylation sites (tertiary alicyclic amines) is 3. The summed E-state index contributed by atoms with van der Waals surface area (Å²) in [6.45, 7) is 36.7. The molecule has 3 aromatic rings. The van der Waals surface area contributed by atoms with Crippen LogP contribution in [-0.2, 0) is 74.9 Å². The van der Waals surface area contributed by atoms with Crippen molar-refractivity contribution in [3.05, 3.63) is 101 Å². The number of hydrogen-bond donors (Lipinski definition) is 1. The zero-order chi connectivity index (χ0) is 68.1. The monoisotopic (exact) mass is 1280 g/mol. The van der Waals surface area contributed by atoms with Gasteiger partial charge >= 0.3 is 42.2 Å². The van der Waals surface area contributed by atoms with Crippen LogP contribution in [0.2, 0.25) is 0 Å². The van der Waals surface area contributed by atoms with E-state index in [0.717, 1.165) is 27.8 Å². The summed E-state index contributed by atoms with van der Waals surface area (Å²) in [6, 6.07) is 23.4. The van der Waals surface area contributed by atoms with Gasteiger partial charge in [0.25, 0.3) is 0 Å². The van der Waals surface area contributed by atoms with Crippen molar-refractivity contribution in [2.75, 3.05) is 65.5 Å². The van der Waals surface area contributed by atoms with Crippen molar-refractivity contribution in [1.29, 1.82) is 0 Å². The van der Waals surface area contributed by atoms with Crippen LogP contribution in [0, 0.1) is 35.5 Å². The minimum absolute atomic E-state index is 0.134. The van der Waals surface area contributed by atoms with E-state index in [2.05, 4.69) is 17.4 Å². The molecular weight excluding hydrogens is 1170 g/mol. The molecule has 0 bridgehead atoms. The fraction of sp³-hybridized carbons (Fsp3) is 0.658. The molecule has 3 aliphatic heterocycles. The molecule has 0 aliphatic carbocycles. The van der Waals surface area contributed by atoms with E-state index in [1.807, 2.05) is 185 Å². The maximum absolute atomic E-state index is 14.5. The molecule has 0 unspecified atom stereocenters. The van der Waals surface area contributed by atoms with Crippen LogP contribution >= 0.6 is 0 Å². The Morgan fingerprint density at radius 2 is 0.761 bits per heavy atom. The van der Waals surface area contributed by atoms with Gasteiger partial charge in [-0.3, -0.25) is 14.4 Å². The van der Waals surface area contributed by atoms with Crippen LogP contribution in [-0.4, -0.2) is 161 Å². The van der Waals surface area contributed by atoms with Crippen molar-refractivity contribution in [3.63, 3.8) is 0 Å². The molecule has 6 atom stereocenters. The molecule has 6 rings (SSSR count). The van der Waals surface area contributed by atoms with Gasteiger partial charge in [-0.2, -0.15) is 0 Å². The van der Waals surface area contributed by atoms with E-state index >= 15 is 0 Å². The largest absolute Gasteiger partial charge is 0.492 e. The number of amides is 5.